The largest absolute Gasteiger partial charge is 0.497 e. The zero-order valence-electron chi connectivity index (χ0n) is 18.7. The number of fused-ring (bicyclic) bond motifs is 1. The number of hydrogen-bond acceptors (Lipinski definition) is 4. The fraction of sp³-hybridized carbons (Fsp3) is 0.400. The summed E-state index contributed by atoms with van der Waals surface area (Å²) in [6, 6.07) is 14.1. The van der Waals surface area contributed by atoms with Gasteiger partial charge in [-0.05, 0) is 43.9 Å². The lowest BCUT2D eigenvalue weighted by Gasteiger charge is -2.29. The number of imidazole rings is 1. The second kappa shape index (κ2) is 9.42. The van der Waals surface area contributed by atoms with Crippen molar-refractivity contribution in [1.82, 2.24) is 20.6 Å². The Bertz CT molecular complexity index is 1110. The van der Waals surface area contributed by atoms with Gasteiger partial charge in [0.1, 0.15) is 11.6 Å². The first kappa shape index (κ1) is 21.9. The zero-order valence-corrected chi connectivity index (χ0v) is 18.7. The summed E-state index contributed by atoms with van der Waals surface area (Å²) < 4.78 is 5.24. The number of carbonyl (C=O) groups is 2. The van der Waals surface area contributed by atoms with Crippen molar-refractivity contribution in [3.63, 3.8) is 0 Å². The summed E-state index contributed by atoms with van der Waals surface area (Å²) in [5, 5.41) is 6.13. The van der Waals surface area contributed by atoms with Crippen molar-refractivity contribution in [2.45, 2.75) is 51.0 Å². The molecule has 0 spiro atoms. The highest BCUT2D eigenvalue weighted by molar-refractivity contribution is 5.80. The van der Waals surface area contributed by atoms with Gasteiger partial charge in [-0.1, -0.05) is 29.8 Å². The number of nitrogens with zero attached hydrogens (tertiary/aromatic N) is 1. The van der Waals surface area contributed by atoms with Gasteiger partial charge in [0.25, 0.3) is 0 Å². The van der Waals surface area contributed by atoms with Crippen LogP contribution in [-0.2, 0) is 22.4 Å². The summed E-state index contributed by atoms with van der Waals surface area (Å²) in [7, 11) is 1.63. The van der Waals surface area contributed by atoms with E-state index in [0.717, 1.165) is 35.4 Å². The predicted molar refractivity (Wildman–Crippen MR) is 124 cm³/mol. The fourth-order valence-corrected chi connectivity index (χ4v) is 4.33. The van der Waals surface area contributed by atoms with Crippen molar-refractivity contribution in [3.8, 4) is 5.75 Å². The Labute approximate surface area is 188 Å². The number of aryl methyl sites for hydroxylation is 1. The molecule has 0 saturated carbocycles. The van der Waals surface area contributed by atoms with E-state index in [9.17, 15) is 9.59 Å². The zero-order chi connectivity index (χ0) is 22.6. The minimum absolute atomic E-state index is 0.00721. The number of methoxy groups -OCH3 is 1. The molecule has 0 radical (unpaired) electrons. The van der Waals surface area contributed by atoms with Crippen LogP contribution in [0.15, 0.2) is 42.5 Å². The summed E-state index contributed by atoms with van der Waals surface area (Å²) in [4.78, 5) is 32.3. The normalized spacial score (nSPS) is 18.0. The standard InChI is InChI=1S/C25H30N4O3/c1-17-3-5-18(6-4-17)16-25(13-10-24(31)29-25)12-9-23(30)26-14-11-22-27-20-8-7-19(32-2)15-21(20)28-22/h3-8,15H,9-14,16H2,1-2H3,(H,26,30)(H,27,28)(H,29,31). The molecular weight excluding hydrogens is 404 g/mol. The molecule has 1 aliphatic heterocycles. The van der Waals surface area contributed by atoms with Crippen LogP contribution in [0.25, 0.3) is 11.0 Å². The highest BCUT2D eigenvalue weighted by Crippen LogP contribution is 2.29. The van der Waals surface area contributed by atoms with Gasteiger partial charge < -0.3 is 20.4 Å². The number of carbonyl (C=O) groups excluding carboxylic acids is 2. The molecule has 1 aliphatic rings. The number of hydrogen-bond donors (Lipinski definition) is 3. The molecule has 32 heavy (non-hydrogen) atoms. The third-order valence-corrected chi connectivity index (χ3v) is 6.15. The fourth-order valence-electron chi connectivity index (χ4n) is 4.33. The maximum Gasteiger partial charge on any atom is 0.220 e. The monoisotopic (exact) mass is 434 g/mol. The van der Waals surface area contributed by atoms with E-state index >= 15 is 0 Å². The Morgan fingerprint density at radius 1 is 1.22 bits per heavy atom. The minimum Gasteiger partial charge on any atom is -0.497 e. The van der Waals surface area contributed by atoms with Crippen molar-refractivity contribution >= 4 is 22.8 Å². The van der Waals surface area contributed by atoms with E-state index in [-0.39, 0.29) is 17.4 Å². The second-order valence-electron chi connectivity index (χ2n) is 8.66. The Kier molecular flexibility index (Phi) is 6.44. The molecule has 2 amide bonds. The SMILES string of the molecule is COc1ccc2nc(CCNC(=O)CCC3(Cc4ccc(C)cc4)CCC(=O)N3)[nH]c2c1. The lowest BCUT2D eigenvalue weighted by molar-refractivity contribution is -0.122. The van der Waals surface area contributed by atoms with Gasteiger partial charge in [0.15, 0.2) is 0 Å². The van der Waals surface area contributed by atoms with Gasteiger partial charge in [0.05, 0.1) is 18.1 Å². The summed E-state index contributed by atoms with van der Waals surface area (Å²) in [5.74, 6) is 1.67. The molecule has 2 aromatic carbocycles. The van der Waals surface area contributed by atoms with Crippen LogP contribution in [0.5, 0.6) is 5.75 Å². The third kappa shape index (κ3) is 5.28. The number of rotatable bonds is 9. The van der Waals surface area contributed by atoms with Gasteiger partial charge in [0.2, 0.25) is 11.8 Å². The highest BCUT2D eigenvalue weighted by atomic mass is 16.5. The van der Waals surface area contributed by atoms with Crippen LogP contribution in [0, 0.1) is 6.92 Å². The van der Waals surface area contributed by atoms with Gasteiger partial charge in [-0.15, -0.1) is 0 Å². The quantitative estimate of drug-likeness (QED) is 0.482. The predicted octanol–water partition coefficient (Wildman–Crippen LogP) is 3.21. The minimum atomic E-state index is -0.346. The van der Waals surface area contributed by atoms with E-state index in [4.69, 9.17) is 4.74 Å². The molecule has 0 aliphatic carbocycles. The van der Waals surface area contributed by atoms with E-state index in [1.807, 2.05) is 18.2 Å². The molecule has 7 nitrogen and oxygen atoms in total. The van der Waals surface area contributed by atoms with E-state index in [1.54, 1.807) is 7.11 Å². The topological polar surface area (TPSA) is 96.1 Å². The second-order valence-corrected chi connectivity index (χ2v) is 8.66. The lowest BCUT2D eigenvalue weighted by Crippen LogP contribution is -2.44. The van der Waals surface area contributed by atoms with Crippen molar-refractivity contribution in [1.29, 1.82) is 0 Å². The first-order valence-corrected chi connectivity index (χ1v) is 11.1. The first-order chi connectivity index (χ1) is 15.4. The molecule has 1 atom stereocenters. The Balaban J connectivity index is 1.29. The molecule has 3 N–H and O–H groups in total. The molecule has 1 aromatic heterocycles. The maximum absolute atomic E-state index is 12.5. The number of benzene rings is 2. The van der Waals surface area contributed by atoms with Crippen LogP contribution in [-0.4, -0.2) is 41.0 Å². The molecule has 0 bridgehead atoms. The van der Waals surface area contributed by atoms with Crippen molar-refractivity contribution in [2.24, 2.45) is 0 Å². The average molecular weight is 435 g/mol. The molecule has 168 valence electrons. The molecular formula is C25H30N4O3. The van der Waals surface area contributed by atoms with Crippen LogP contribution in [0.3, 0.4) is 0 Å². The lowest BCUT2D eigenvalue weighted by atomic mass is 9.84. The van der Waals surface area contributed by atoms with Gasteiger partial charge in [-0.25, -0.2) is 4.98 Å². The highest BCUT2D eigenvalue weighted by Gasteiger charge is 2.37. The Morgan fingerprint density at radius 3 is 2.75 bits per heavy atom. The summed E-state index contributed by atoms with van der Waals surface area (Å²) in [6.07, 6.45) is 3.65. The van der Waals surface area contributed by atoms with Crippen LogP contribution in [0.2, 0.25) is 0 Å². The maximum atomic E-state index is 12.5. The van der Waals surface area contributed by atoms with Crippen LogP contribution in [0.1, 0.15) is 42.6 Å². The summed E-state index contributed by atoms with van der Waals surface area (Å²) >= 11 is 0. The number of ether oxygens (including phenoxy) is 1. The molecule has 4 rings (SSSR count). The van der Waals surface area contributed by atoms with Crippen LogP contribution >= 0.6 is 0 Å². The first-order valence-electron chi connectivity index (χ1n) is 11.1. The Morgan fingerprint density at radius 2 is 2.03 bits per heavy atom. The Hall–Kier alpha value is -3.35. The number of H-pyrrole nitrogens is 1. The van der Waals surface area contributed by atoms with Gasteiger partial charge >= 0.3 is 0 Å². The molecule has 1 fully saturated rings. The van der Waals surface area contributed by atoms with Crippen molar-refractivity contribution in [2.75, 3.05) is 13.7 Å². The smallest absolute Gasteiger partial charge is 0.220 e. The van der Waals surface area contributed by atoms with Crippen LogP contribution in [0.4, 0.5) is 0 Å². The average Bonchev–Trinajstić information content (AvgIpc) is 3.36. The molecule has 1 unspecified atom stereocenters. The molecule has 2 heterocycles. The number of amides is 2. The molecule has 1 saturated heterocycles. The van der Waals surface area contributed by atoms with Crippen molar-refractivity contribution < 1.29 is 14.3 Å². The van der Waals surface area contributed by atoms with E-state index in [1.165, 1.54) is 11.1 Å². The molecule has 3 aromatic rings. The number of nitrogens with one attached hydrogen (secondary N) is 3. The number of aromatic amines is 1. The van der Waals surface area contributed by atoms with E-state index in [2.05, 4.69) is 51.8 Å². The van der Waals surface area contributed by atoms with Gasteiger partial charge in [-0.2, -0.15) is 0 Å². The van der Waals surface area contributed by atoms with E-state index < -0.39 is 0 Å². The summed E-state index contributed by atoms with van der Waals surface area (Å²) in [6.45, 7) is 2.57. The van der Waals surface area contributed by atoms with Gasteiger partial charge in [0, 0.05) is 37.4 Å². The van der Waals surface area contributed by atoms with Crippen LogP contribution < -0.4 is 15.4 Å². The third-order valence-electron chi connectivity index (χ3n) is 6.15. The van der Waals surface area contributed by atoms with Crippen molar-refractivity contribution in [3.05, 3.63) is 59.4 Å². The summed E-state index contributed by atoms with van der Waals surface area (Å²) in [5.41, 5.74) is 3.84. The molecule has 7 heteroatoms. The van der Waals surface area contributed by atoms with E-state index in [0.29, 0.717) is 32.2 Å². The number of aromatic nitrogens is 2. The van der Waals surface area contributed by atoms with Gasteiger partial charge in [-0.3, -0.25) is 9.59 Å².